The van der Waals surface area contributed by atoms with Crippen LogP contribution in [0.15, 0.2) is 60.7 Å². The first-order chi connectivity index (χ1) is 19.1. The third-order valence-corrected chi connectivity index (χ3v) is 5.75. The predicted molar refractivity (Wildman–Crippen MR) is 151 cm³/mol. The van der Waals surface area contributed by atoms with Gasteiger partial charge in [-0.2, -0.15) is 0 Å². The number of nitrogens with zero attached hydrogens (tertiary/aromatic N) is 1. The maximum atomic E-state index is 12.8. The summed E-state index contributed by atoms with van der Waals surface area (Å²) in [6, 6.07) is 15.2. The third-order valence-electron chi connectivity index (χ3n) is 5.75. The number of nitrogens with one attached hydrogen (secondary N) is 2. The first-order valence-electron chi connectivity index (χ1n) is 13.0. The molecule has 1 saturated carbocycles. The van der Waals surface area contributed by atoms with Gasteiger partial charge < -0.3 is 20.1 Å². The van der Waals surface area contributed by atoms with Crippen LogP contribution in [0.4, 0.5) is 4.79 Å². The summed E-state index contributed by atoms with van der Waals surface area (Å²) in [6.45, 7) is 4.84. The Kier molecular flexibility index (Phi) is 10.5. The van der Waals surface area contributed by atoms with Crippen LogP contribution in [0.5, 0.6) is 0 Å². The lowest BCUT2D eigenvalue weighted by Gasteiger charge is -2.27. The van der Waals surface area contributed by atoms with Gasteiger partial charge in [-0.25, -0.2) is 9.59 Å². The highest BCUT2D eigenvalue weighted by molar-refractivity contribution is 5.97. The maximum Gasteiger partial charge on any atom is 0.411 e. The molecule has 2 aromatic rings. The Labute approximate surface area is 234 Å². The zero-order valence-corrected chi connectivity index (χ0v) is 23.2. The Hall–Kier alpha value is -4.58. The van der Waals surface area contributed by atoms with E-state index in [0.29, 0.717) is 5.56 Å². The molecule has 3 rings (SSSR count). The Bertz CT molecular complexity index is 1280. The number of hydrogen-bond acceptors (Lipinski definition) is 6. The molecule has 1 atom stereocenters. The second-order valence-corrected chi connectivity index (χ2v) is 10.3. The van der Waals surface area contributed by atoms with Crippen LogP contribution >= 0.6 is 0 Å². The number of benzene rings is 2. The van der Waals surface area contributed by atoms with Crippen LogP contribution in [0.1, 0.15) is 55.1 Å². The number of amides is 3. The monoisotopic (exact) mass is 545 g/mol. The predicted octanol–water partition coefficient (Wildman–Crippen LogP) is 3.54. The van der Waals surface area contributed by atoms with Crippen LogP contribution in [0.25, 0.3) is 6.08 Å². The van der Waals surface area contributed by atoms with Gasteiger partial charge in [-0.15, -0.1) is 0 Å². The van der Waals surface area contributed by atoms with E-state index < -0.39 is 35.5 Å². The van der Waals surface area contributed by atoms with E-state index >= 15 is 0 Å². The summed E-state index contributed by atoms with van der Waals surface area (Å²) >= 11 is 0. The van der Waals surface area contributed by atoms with Crippen LogP contribution in [-0.4, -0.2) is 66.7 Å². The fourth-order valence-corrected chi connectivity index (χ4v) is 3.59. The highest BCUT2D eigenvalue weighted by atomic mass is 16.6. The molecular weight excluding hydrogens is 510 g/mol. The van der Waals surface area contributed by atoms with Gasteiger partial charge in [-0.1, -0.05) is 42.2 Å². The van der Waals surface area contributed by atoms with E-state index in [4.69, 9.17) is 9.47 Å². The van der Waals surface area contributed by atoms with Crippen molar-refractivity contribution in [2.75, 3.05) is 20.2 Å². The molecule has 0 spiro atoms. The fraction of sp³-hybridized carbons (Fsp3) is 0.355. The summed E-state index contributed by atoms with van der Waals surface area (Å²) < 4.78 is 10.2. The van der Waals surface area contributed by atoms with Crippen molar-refractivity contribution in [2.45, 2.75) is 51.3 Å². The zero-order chi connectivity index (χ0) is 29.1. The molecule has 2 aromatic carbocycles. The van der Waals surface area contributed by atoms with Crippen LogP contribution < -0.4 is 10.6 Å². The van der Waals surface area contributed by atoms with Gasteiger partial charge in [-0.05, 0) is 75.6 Å². The van der Waals surface area contributed by atoms with Crippen molar-refractivity contribution >= 4 is 30.0 Å². The van der Waals surface area contributed by atoms with Gasteiger partial charge in [0.05, 0.1) is 7.11 Å². The van der Waals surface area contributed by atoms with E-state index in [1.54, 1.807) is 51.1 Å². The summed E-state index contributed by atoms with van der Waals surface area (Å²) in [5.74, 6) is 4.25. The smallest absolute Gasteiger partial charge is 0.411 e. The van der Waals surface area contributed by atoms with Gasteiger partial charge >= 0.3 is 12.1 Å². The van der Waals surface area contributed by atoms with Crippen molar-refractivity contribution in [3.05, 3.63) is 77.4 Å². The minimum Gasteiger partial charge on any atom is -0.467 e. The molecule has 40 heavy (non-hydrogen) atoms. The minimum atomic E-state index is -1.13. The van der Waals surface area contributed by atoms with E-state index in [2.05, 4.69) is 22.5 Å². The van der Waals surface area contributed by atoms with Crippen LogP contribution in [-0.2, 0) is 19.1 Å². The van der Waals surface area contributed by atoms with E-state index in [1.807, 2.05) is 36.4 Å². The van der Waals surface area contributed by atoms with E-state index in [0.717, 1.165) is 24.0 Å². The summed E-state index contributed by atoms with van der Waals surface area (Å²) in [5, 5.41) is 5.20. The SMILES string of the molecule is COC(=O)[C@H](CNC(=O)CN(C(=O)OC(C)(C)C)C1CC1)NC(=O)c1ccc(C#C/C=C/c2ccccc2)cc1. The molecule has 0 bridgehead atoms. The van der Waals surface area contributed by atoms with Crippen LogP contribution in [0.3, 0.4) is 0 Å². The Morgan fingerprint density at radius 2 is 1.73 bits per heavy atom. The summed E-state index contributed by atoms with van der Waals surface area (Å²) in [4.78, 5) is 51.6. The van der Waals surface area contributed by atoms with Gasteiger partial charge in [0.1, 0.15) is 18.2 Å². The summed E-state index contributed by atoms with van der Waals surface area (Å²) in [6.07, 6.45) is 4.68. The van der Waals surface area contributed by atoms with Crippen LogP contribution in [0, 0.1) is 11.8 Å². The van der Waals surface area contributed by atoms with Gasteiger partial charge in [0, 0.05) is 23.7 Å². The molecule has 9 nitrogen and oxygen atoms in total. The Morgan fingerprint density at radius 3 is 2.33 bits per heavy atom. The molecule has 0 heterocycles. The zero-order valence-electron chi connectivity index (χ0n) is 23.2. The van der Waals surface area contributed by atoms with E-state index in [1.165, 1.54) is 12.0 Å². The lowest BCUT2D eigenvalue weighted by Crippen LogP contribution is -2.51. The Morgan fingerprint density at radius 1 is 1.05 bits per heavy atom. The minimum absolute atomic E-state index is 0.0516. The molecule has 3 amide bonds. The van der Waals surface area contributed by atoms with Crippen molar-refractivity contribution in [2.24, 2.45) is 0 Å². The normalized spacial score (nSPS) is 13.4. The first kappa shape index (κ1) is 30.0. The molecule has 0 saturated heterocycles. The van der Waals surface area contributed by atoms with Gasteiger partial charge in [0.15, 0.2) is 0 Å². The number of carbonyl (C=O) groups excluding carboxylic acids is 4. The number of hydrogen-bond donors (Lipinski definition) is 2. The number of rotatable bonds is 9. The first-order valence-corrected chi connectivity index (χ1v) is 13.0. The molecule has 0 aliphatic heterocycles. The largest absolute Gasteiger partial charge is 0.467 e. The van der Waals surface area contributed by atoms with Crippen molar-refractivity contribution in [3.63, 3.8) is 0 Å². The summed E-state index contributed by atoms with van der Waals surface area (Å²) in [7, 11) is 1.19. The molecule has 0 aromatic heterocycles. The molecular formula is C31H35N3O6. The number of esters is 1. The maximum absolute atomic E-state index is 12.8. The fourth-order valence-electron chi connectivity index (χ4n) is 3.59. The average Bonchev–Trinajstić information content (AvgIpc) is 3.77. The van der Waals surface area contributed by atoms with E-state index in [9.17, 15) is 19.2 Å². The standard InChI is InChI=1S/C31H35N3O6/c1-31(2,3)40-30(38)34(25-18-19-25)21-27(35)32-20-26(29(37)39-4)33-28(36)24-16-14-23(15-17-24)13-9-8-12-22-10-6-5-7-11-22/h5-8,10-12,14-17,25-26H,18-21H2,1-4H3,(H,32,35)(H,33,36)/b12-8+/t26-/m0/s1. The van der Waals surface area contributed by atoms with Crippen molar-refractivity contribution < 1.29 is 28.7 Å². The Balaban J connectivity index is 1.55. The third kappa shape index (κ3) is 9.95. The number of ether oxygens (including phenoxy) is 2. The molecule has 0 unspecified atom stereocenters. The lowest BCUT2D eigenvalue weighted by atomic mass is 10.1. The number of carbonyl (C=O) groups is 4. The van der Waals surface area contributed by atoms with Crippen molar-refractivity contribution in [3.8, 4) is 11.8 Å². The molecule has 210 valence electrons. The molecule has 1 fully saturated rings. The molecule has 1 aliphatic carbocycles. The second-order valence-electron chi connectivity index (χ2n) is 10.3. The van der Waals surface area contributed by atoms with Crippen molar-refractivity contribution in [1.29, 1.82) is 0 Å². The number of allylic oxidation sites excluding steroid dienone is 1. The molecule has 0 radical (unpaired) electrons. The van der Waals surface area contributed by atoms with Crippen LogP contribution in [0.2, 0.25) is 0 Å². The quantitative estimate of drug-likeness (QED) is 0.368. The van der Waals surface area contributed by atoms with Gasteiger partial charge in [0.2, 0.25) is 5.91 Å². The topological polar surface area (TPSA) is 114 Å². The van der Waals surface area contributed by atoms with Gasteiger partial charge in [-0.3, -0.25) is 14.5 Å². The second kappa shape index (κ2) is 14.0. The van der Waals surface area contributed by atoms with E-state index in [-0.39, 0.29) is 19.1 Å². The lowest BCUT2D eigenvalue weighted by molar-refractivity contribution is -0.142. The highest BCUT2D eigenvalue weighted by Gasteiger charge is 2.36. The molecule has 2 N–H and O–H groups in total. The highest BCUT2D eigenvalue weighted by Crippen LogP contribution is 2.28. The number of methoxy groups -OCH3 is 1. The summed E-state index contributed by atoms with van der Waals surface area (Å²) in [5.41, 5.74) is 1.39. The van der Waals surface area contributed by atoms with Crippen molar-refractivity contribution in [1.82, 2.24) is 15.5 Å². The molecule has 1 aliphatic rings. The average molecular weight is 546 g/mol. The molecule has 9 heteroatoms. The van der Waals surface area contributed by atoms with Gasteiger partial charge in [0.25, 0.3) is 5.91 Å².